The molecule has 0 spiro atoms. The molecule has 7 nitrogen and oxygen atoms in total. The van der Waals surface area contributed by atoms with Crippen molar-refractivity contribution in [1.82, 2.24) is 10.3 Å². The molecule has 0 aliphatic carbocycles. The summed E-state index contributed by atoms with van der Waals surface area (Å²) in [6.07, 6.45) is 1.50. The van der Waals surface area contributed by atoms with Crippen molar-refractivity contribution in [3.05, 3.63) is 90.0 Å². The van der Waals surface area contributed by atoms with Crippen LogP contribution < -0.4 is 25.6 Å². The van der Waals surface area contributed by atoms with Crippen molar-refractivity contribution in [2.45, 2.75) is 12.6 Å². The number of para-hydroxylation sites is 2. The van der Waals surface area contributed by atoms with E-state index in [1.165, 1.54) is 17.5 Å². The van der Waals surface area contributed by atoms with Gasteiger partial charge in [-0.05, 0) is 23.8 Å². The quantitative estimate of drug-likeness (QED) is 0.268. The Labute approximate surface area is 202 Å². The van der Waals surface area contributed by atoms with Crippen molar-refractivity contribution in [3.8, 4) is 11.5 Å². The molecule has 0 amide bonds. The zero-order valence-electron chi connectivity index (χ0n) is 20.0. The largest absolute Gasteiger partial charge is 0.493 e. The van der Waals surface area contributed by atoms with Crippen LogP contribution in [-0.4, -0.2) is 51.5 Å². The lowest BCUT2D eigenvalue weighted by Crippen LogP contribution is -2.48. The Balaban J connectivity index is 0.000000302. The number of hydrogen-bond donors (Lipinski definition) is 3. The van der Waals surface area contributed by atoms with Crippen LogP contribution in [-0.2, 0) is 6.54 Å². The molecule has 7 heteroatoms. The normalized spacial score (nSPS) is 14.5. The third-order valence-corrected chi connectivity index (χ3v) is 5.89. The first-order valence-corrected chi connectivity index (χ1v) is 11.4. The van der Waals surface area contributed by atoms with Gasteiger partial charge in [-0.25, -0.2) is 0 Å². The van der Waals surface area contributed by atoms with Crippen LogP contribution in [0.3, 0.4) is 0 Å². The minimum atomic E-state index is -0.108. The Hall–Kier alpha value is -3.39. The van der Waals surface area contributed by atoms with Crippen LogP contribution in [0.4, 0.5) is 5.69 Å². The molecule has 0 bridgehead atoms. The summed E-state index contributed by atoms with van der Waals surface area (Å²) in [4.78, 5) is 4.71. The maximum atomic E-state index is 7.97. The summed E-state index contributed by atoms with van der Waals surface area (Å²) in [5.74, 6) is 6.53. The fraction of sp³-hybridized carbons (Fsp3) is 0.296. The number of piperazine rings is 1. The van der Waals surface area contributed by atoms with Crippen LogP contribution in [0, 0.1) is 5.41 Å². The van der Waals surface area contributed by atoms with Gasteiger partial charge in [0.25, 0.3) is 0 Å². The molecule has 1 unspecified atom stereocenters. The second-order valence-electron chi connectivity index (χ2n) is 7.92. The highest BCUT2D eigenvalue weighted by atomic mass is 16.5. The smallest absolute Gasteiger partial charge is 0.165 e. The van der Waals surface area contributed by atoms with Crippen molar-refractivity contribution >= 4 is 11.9 Å². The SMILES string of the molecule is COc1cccc(C(C=N)N2CCN(c3ccccc3)CC2)c1OC.NNCc1ccccc1. The van der Waals surface area contributed by atoms with Crippen LogP contribution >= 0.6 is 0 Å². The van der Waals surface area contributed by atoms with Crippen molar-refractivity contribution in [2.75, 3.05) is 45.3 Å². The van der Waals surface area contributed by atoms with E-state index in [9.17, 15) is 0 Å². The lowest BCUT2D eigenvalue weighted by atomic mass is 10.0. The lowest BCUT2D eigenvalue weighted by molar-refractivity contribution is 0.227. The summed E-state index contributed by atoms with van der Waals surface area (Å²) in [7, 11) is 3.29. The van der Waals surface area contributed by atoms with Gasteiger partial charge in [-0.3, -0.25) is 16.2 Å². The number of methoxy groups -OCH3 is 2. The number of nitrogens with one attached hydrogen (secondary N) is 2. The minimum Gasteiger partial charge on any atom is -0.493 e. The summed E-state index contributed by atoms with van der Waals surface area (Å²) in [5.41, 5.74) is 6.03. The standard InChI is InChI=1S/C20H25N3O2.C7H10N2/c1-24-19-10-6-9-17(20(19)25-2)18(15-21)23-13-11-22(12-14-23)16-7-4-3-5-8-16;8-9-6-7-4-2-1-3-5-7/h3-10,15,18,21H,11-14H2,1-2H3;1-5,9H,6,8H2. The Morgan fingerprint density at radius 1 is 0.882 bits per heavy atom. The molecule has 4 N–H and O–H groups in total. The van der Waals surface area contributed by atoms with Gasteiger partial charge in [-0.1, -0.05) is 60.7 Å². The Morgan fingerprint density at radius 3 is 2.09 bits per heavy atom. The van der Waals surface area contributed by atoms with Gasteiger partial charge in [0.15, 0.2) is 11.5 Å². The summed E-state index contributed by atoms with van der Waals surface area (Å²) in [6.45, 7) is 4.42. The summed E-state index contributed by atoms with van der Waals surface area (Å²) < 4.78 is 11.0. The molecular formula is C27H35N5O2. The van der Waals surface area contributed by atoms with Gasteiger partial charge >= 0.3 is 0 Å². The monoisotopic (exact) mass is 461 g/mol. The number of rotatable bonds is 8. The second kappa shape index (κ2) is 13.3. The van der Waals surface area contributed by atoms with E-state index in [0.717, 1.165) is 38.3 Å². The van der Waals surface area contributed by atoms with Crippen LogP contribution in [0.15, 0.2) is 78.9 Å². The zero-order valence-corrected chi connectivity index (χ0v) is 20.0. The second-order valence-corrected chi connectivity index (χ2v) is 7.92. The molecule has 1 aliphatic rings. The Kier molecular flexibility index (Phi) is 9.91. The molecule has 1 heterocycles. The summed E-state index contributed by atoms with van der Waals surface area (Å²) in [6, 6.07) is 26.3. The molecule has 1 fully saturated rings. The average molecular weight is 462 g/mol. The van der Waals surface area contributed by atoms with Gasteiger partial charge < -0.3 is 19.8 Å². The van der Waals surface area contributed by atoms with Gasteiger partial charge in [0.05, 0.1) is 20.3 Å². The zero-order chi connectivity index (χ0) is 24.2. The molecule has 4 rings (SSSR count). The number of hydrazine groups is 1. The van der Waals surface area contributed by atoms with E-state index in [4.69, 9.17) is 20.7 Å². The maximum absolute atomic E-state index is 7.97. The van der Waals surface area contributed by atoms with Crippen molar-refractivity contribution < 1.29 is 9.47 Å². The van der Waals surface area contributed by atoms with Crippen LogP contribution in [0.25, 0.3) is 0 Å². The van der Waals surface area contributed by atoms with E-state index in [1.807, 2.05) is 54.6 Å². The molecule has 0 saturated carbocycles. The fourth-order valence-corrected chi connectivity index (χ4v) is 4.15. The first kappa shape index (κ1) is 25.2. The lowest BCUT2D eigenvalue weighted by Gasteiger charge is -2.39. The summed E-state index contributed by atoms with van der Waals surface area (Å²) >= 11 is 0. The third-order valence-electron chi connectivity index (χ3n) is 5.89. The fourth-order valence-electron chi connectivity index (χ4n) is 4.15. The molecule has 0 radical (unpaired) electrons. The highest BCUT2D eigenvalue weighted by Crippen LogP contribution is 2.36. The van der Waals surface area contributed by atoms with Gasteiger partial charge in [0.1, 0.15) is 0 Å². The van der Waals surface area contributed by atoms with E-state index in [1.54, 1.807) is 14.2 Å². The van der Waals surface area contributed by atoms with E-state index < -0.39 is 0 Å². The molecule has 3 aromatic rings. The van der Waals surface area contributed by atoms with Gasteiger partial charge in [-0.15, -0.1) is 0 Å². The molecular weight excluding hydrogens is 426 g/mol. The molecule has 1 saturated heterocycles. The minimum absolute atomic E-state index is 0.108. The van der Waals surface area contributed by atoms with E-state index in [-0.39, 0.29) is 6.04 Å². The van der Waals surface area contributed by atoms with E-state index >= 15 is 0 Å². The molecule has 34 heavy (non-hydrogen) atoms. The molecule has 1 atom stereocenters. The van der Waals surface area contributed by atoms with Crippen LogP contribution in [0.1, 0.15) is 17.2 Å². The average Bonchev–Trinajstić information content (AvgIpc) is 2.91. The number of anilines is 1. The van der Waals surface area contributed by atoms with Crippen LogP contribution in [0.2, 0.25) is 0 Å². The van der Waals surface area contributed by atoms with Gasteiger partial charge in [-0.2, -0.15) is 0 Å². The van der Waals surface area contributed by atoms with Crippen molar-refractivity contribution in [1.29, 1.82) is 5.41 Å². The maximum Gasteiger partial charge on any atom is 0.165 e. The Bertz CT molecular complexity index is 992. The third kappa shape index (κ3) is 6.57. The van der Waals surface area contributed by atoms with Gasteiger partial charge in [0.2, 0.25) is 0 Å². The molecule has 0 aromatic heterocycles. The van der Waals surface area contributed by atoms with Crippen molar-refractivity contribution in [3.63, 3.8) is 0 Å². The van der Waals surface area contributed by atoms with Crippen molar-refractivity contribution in [2.24, 2.45) is 5.84 Å². The highest BCUT2D eigenvalue weighted by Gasteiger charge is 2.27. The number of ether oxygens (including phenoxy) is 2. The highest BCUT2D eigenvalue weighted by molar-refractivity contribution is 5.68. The predicted molar refractivity (Wildman–Crippen MR) is 139 cm³/mol. The number of hydrogen-bond acceptors (Lipinski definition) is 7. The predicted octanol–water partition coefficient (Wildman–Crippen LogP) is 3.87. The number of nitrogens with two attached hydrogens (primary N) is 1. The van der Waals surface area contributed by atoms with E-state index in [0.29, 0.717) is 11.5 Å². The molecule has 3 aromatic carbocycles. The summed E-state index contributed by atoms with van der Waals surface area (Å²) in [5, 5.41) is 7.97. The number of nitrogens with zero attached hydrogens (tertiary/aromatic N) is 2. The molecule has 180 valence electrons. The first-order valence-electron chi connectivity index (χ1n) is 11.4. The van der Waals surface area contributed by atoms with E-state index in [2.05, 4.69) is 39.5 Å². The number of benzene rings is 3. The van der Waals surface area contributed by atoms with Crippen LogP contribution in [0.5, 0.6) is 11.5 Å². The Morgan fingerprint density at radius 2 is 1.53 bits per heavy atom. The topological polar surface area (TPSA) is 86.8 Å². The first-order chi connectivity index (χ1) is 16.7. The van der Waals surface area contributed by atoms with Gasteiger partial charge in [0, 0.05) is 50.2 Å². The molecule has 1 aliphatic heterocycles.